The molecule has 0 unspecified atom stereocenters. The second-order valence-corrected chi connectivity index (χ2v) is 12.3. The number of unbranched alkanes of at least 4 members (excludes halogenated alkanes) is 21. The highest BCUT2D eigenvalue weighted by Crippen LogP contribution is 2.12. The van der Waals surface area contributed by atoms with Crippen LogP contribution in [0.1, 0.15) is 181 Å². The Morgan fingerprint density at radius 2 is 0.929 bits per heavy atom. The van der Waals surface area contributed by atoms with Gasteiger partial charge in [-0.05, 0) is 57.8 Å². The van der Waals surface area contributed by atoms with E-state index in [1.807, 2.05) is 6.08 Å². The lowest BCUT2D eigenvalue weighted by molar-refractivity contribution is -0.123. The molecule has 0 rings (SSSR count). The minimum Gasteiger partial charge on any atom is -0.394 e. The number of aliphatic hydroxyl groups excluding tert-OH is 2. The Morgan fingerprint density at radius 3 is 1.38 bits per heavy atom. The van der Waals surface area contributed by atoms with Gasteiger partial charge in [-0.1, -0.05) is 153 Å². The molecule has 0 saturated carbocycles. The molecule has 0 aromatic carbocycles. The Kier molecular flexibility index (Phi) is 33.0. The summed E-state index contributed by atoms with van der Waals surface area (Å²) in [6, 6.07) is -0.640. The SMILES string of the molecule is CCCCCCCC/C=C/CCCCCCCC(=O)N[C@@H](CO)[C@H](O)/C=C/CC/C=C/CCCCCCCCCCC. The van der Waals surface area contributed by atoms with Crippen molar-refractivity contribution in [3.05, 3.63) is 36.5 Å². The summed E-state index contributed by atoms with van der Waals surface area (Å²) in [5.41, 5.74) is 0. The van der Waals surface area contributed by atoms with Gasteiger partial charge in [0.1, 0.15) is 0 Å². The van der Waals surface area contributed by atoms with E-state index in [0.717, 1.165) is 44.9 Å². The first-order chi connectivity index (χ1) is 20.7. The van der Waals surface area contributed by atoms with E-state index >= 15 is 0 Å². The third-order valence-corrected chi connectivity index (χ3v) is 8.10. The molecule has 2 atom stereocenters. The number of allylic oxidation sites excluding steroid dienone is 5. The van der Waals surface area contributed by atoms with Gasteiger partial charge in [0.2, 0.25) is 5.91 Å². The van der Waals surface area contributed by atoms with Gasteiger partial charge < -0.3 is 15.5 Å². The molecule has 0 heterocycles. The first kappa shape index (κ1) is 40.6. The average Bonchev–Trinajstić information content (AvgIpc) is 2.99. The summed E-state index contributed by atoms with van der Waals surface area (Å²) < 4.78 is 0. The van der Waals surface area contributed by atoms with E-state index in [1.54, 1.807) is 6.08 Å². The summed E-state index contributed by atoms with van der Waals surface area (Å²) in [6.07, 6.45) is 43.7. The lowest BCUT2D eigenvalue weighted by atomic mass is 10.1. The number of hydrogen-bond donors (Lipinski definition) is 3. The maximum Gasteiger partial charge on any atom is 0.220 e. The van der Waals surface area contributed by atoms with Gasteiger partial charge in [-0.25, -0.2) is 0 Å². The van der Waals surface area contributed by atoms with E-state index in [-0.39, 0.29) is 12.5 Å². The lowest BCUT2D eigenvalue weighted by Gasteiger charge is -2.19. The van der Waals surface area contributed by atoms with Crippen molar-refractivity contribution in [2.45, 2.75) is 193 Å². The molecule has 0 aromatic rings. The summed E-state index contributed by atoms with van der Waals surface area (Å²) in [5.74, 6) is -0.0847. The summed E-state index contributed by atoms with van der Waals surface area (Å²) in [4.78, 5) is 12.3. The van der Waals surface area contributed by atoms with Gasteiger partial charge >= 0.3 is 0 Å². The standard InChI is InChI=1S/C38H71NO3/c1-3-5-7-9-11-13-15-17-19-21-23-25-27-29-31-33-37(41)36(35-40)39-38(42)34-32-30-28-26-24-22-20-18-16-14-12-10-8-6-4-2/h18,20,23,25,31,33,36-37,40-41H,3-17,19,21-22,24,26-30,32,34-35H2,1-2H3,(H,39,42)/b20-18+,25-23+,33-31+/t36-,37+/m0/s1. The fourth-order valence-corrected chi connectivity index (χ4v) is 5.25. The van der Waals surface area contributed by atoms with Gasteiger partial charge in [-0.2, -0.15) is 0 Å². The van der Waals surface area contributed by atoms with E-state index in [1.165, 1.54) is 116 Å². The summed E-state index contributed by atoms with van der Waals surface area (Å²) >= 11 is 0. The molecule has 0 spiro atoms. The molecule has 0 radical (unpaired) electrons. The molecular weight excluding hydrogens is 518 g/mol. The zero-order valence-corrected chi connectivity index (χ0v) is 28.0. The van der Waals surface area contributed by atoms with Crippen molar-refractivity contribution in [1.82, 2.24) is 5.32 Å². The number of hydrogen-bond acceptors (Lipinski definition) is 3. The maximum absolute atomic E-state index is 12.3. The van der Waals surface area contributed by atoms with Crippen LogP contribution in [0.2, 0.25) is 0 Å². The predicted octanol–water partition coefficient (Wildman–Crippen LogP) is 10.7. The van der Waals surface area contributed by atoms with Gasteiger partial charge in [0.25, 0.3) is 0 Å². The molecule has 42 heavy (non-hydrogen) atoms. The highest BCUT2D eigenvalue weighted by atomic mass is 16.3. The van der Waals surface area contributed by atoms with Crippen LogP contribution in [0.4, 0.5) is 0 Å². The largest absolute Gasteiger partial charge is 0.394 e. The van der Waals surface area contributed by atoms with Crippen molar-refractivity contribution < 1.29 is 15.0 Å². The van der Waals surface area contributed by atoms with E-state index < -0.39 is 12.1 Å². The Morgan fingerprint density at radius 1 is 0.548 bits per heavy atom. The van der Waals surface area contributed by atoms with Crippen LogP contribution in [0.5, 0.6) is 0 Å². The van der Waals surface area contributed by atoms with Crippen molar-refractivity contribution in [2.24, 2.45) is 0 Å². The zero-order valence-electron chi connectivity index (χ0n) is 28.0. The normalized spacial score (nSPS) is 13.5. The summed E-state index contributed by atoms with van der Waals surface area (Å²) in [6.45, 7) is 4.27. The van der Waals surface area contributed by atoms with Crippen molar-refractivity contribution in [3.63, 3.8) is 0 Å². The molecule has 0 aromatic heterocycles. The minimum atomic E-state index is -0.862. The Bertz CT molecular complexity index is 642. The topological polar surface area (TPSA) is 69.6 Å². The minimum absolute atomic E-state index is 0.0847. The molecule has 246 valence electrons. The lowest BCUT2D eigenvalue weighted by Crippen LogP contribution is -2.45. The highest BCUT2D eigenvalue weighted by molar-refractivity contribution is 5.76. The first-order valence-electron chi connectivity index (χ1n) is 18.2. The molecule has 0 fully saturated rings. The van der Waals surface area contributed by atoms with E-state index in [0.29, 0.717) is 6.42 Å². The van der Waals surface area contributed by atoms with Crippen molar-refractivity contribution in [2.75, 3.05) is 6.61 Å². The molecule has 0 aliphatic carbocycles. The Balaban J connectivity index is 3.70. The number of rotatable bonds is 32. The van der Waals surface area contributed by atoms with Crippen molar-refractivity contribution in [3.8, 4) is 0 Å². The zero-order chi connectivity index (χ0) is 30.8. The van der Waals surface area contributed by atoms with E-state index in [2.05, 4.69) is 43.5 Å². The van der Waals surface area contributed by atoms with Crippen LogP contribution >= 0.6 is 0 Å². The summed E-state index contributed by atoms with van der Waals surface area (Å²) in [5, 5.41) is 22.8. The van der Waals surface area contributed by atoms with Crippen LogP contribution in [-0.2, 0) is 4.79 Å². The predicted molar refractivity (Wildman–Crippen MR) is 184 cm³/mol. The van der Waals surface area contributed by atoms with Crippen LogP contribution in [0.25, 0.3) is 0 Å². The van der Waals surface area contributed by atoms with Gasteiger partial charge in [-0.15, -0.1) is 0 Å². The number of amides is 1. The summed E-state index contributed by atoms with van der Waals surface area (Å²) in [7, 11) is 0. The quantitative estimate of drug-likeness (QED) is 0.0540. The molecule has 4 nitrogen and oxygen atoms in total. The fourth-order valence-electron chi connectivity index (χ4n) is 5.25. The van der Waals surface area contributed by atoms with E-state index in [9.17, 15) is 15.0 Å². The van der Waals surface area contributed by atoms with Crippen LogP contribution in [0, 0.1) is 0 Å². The third-order valence-electron chi connectivity index (χ3n) is 8.10. The number of carbonyl (C=O) groups is 1. The molecule has 0 bridgehead atoms. The fraction of sp³-hybridized carbons (Fsp3) is 0.816. The third kappa shape index (κ3) is 30.1. The van der Waals surface area contributed by atoms with Crippen LogP contribution < -0.4 is 5.32 Å². The number of aliphatic hydroxyl groups is 2. The van der Waals surface area contributed by atoms with Gasteiger partial charge in [-0.3, -0.25) is 4.79 Å². The van der Waals surface area contributed by atoms with Crippen molar-refractivity contribution >= 4 is 5.91 Å². The highest BCUT2D eigenvalue weighted by Gasteiger charge is 2.17. The van der Waals surface area contributed by atoms with Crippen LogP contribution in [0.3, 0.4) is 0 Å². The average molecular weight is 590 g/mol. The molecule has 3 N–H and O–H groups in total. The smallest absolute Gasteiger partial charge is 0.220 e. The maximum atomic E-state index is 12.3. The molecule has 0 aliphatic rings. The molecule has 0 saturated heterocycles. The Labute approximate surface area is 261 Å². The monoisotopic (exact) mass is 590 g/mol. The Hall–Kier alpha value is -1.39. The molecule has 0 aliphatic heterocycles. The molecule has 1 amide bonds. The van der Waals surface area contributed by atoms with Crippen LogP contribution in [-0.4, -0.2) is 34.9 Å². The second kappa shape index (κ2) is 34.1. The van der Waals surface area contributed by atoms with Crippen LogP contribution in [0.15, 0.2) is 36.5 Å². The van der Waals surface area contributed by atoms with Gasteiger partial charge in [0, 0.05) is 6.42 Å². The van der Waals surface area contributed by atoms with Crippen molar-refractivity contribution in [1.29, 1.82) is 0 Å². The molecule has 4 heteroatoms. The number of nitrogens with one attached hydrogen (secondary N) is 1. The van der Waals surface area contributed by atoms with Gasteiger partial charge in [0.15, 0.2) is 0 Å². The van der Waals surface area contributed by atoms with Gasteiger partial charge in [0.05, 0.1) is 18.8 Å². The number of carbonyl (C=O) groups excluding carboxylic acids is 1. The van der Waals surface area contributed by atoms with E-state index in [4.69, 9.17) is 0 Å². The second-order valence-electron chi connectivity index (χ2n) is 12.3. The molecular formula is C38H71NO3. The first-order valence-corrected chi connectivity index (χ1v) is 18.2.